The van der Waals surface area contributed by atoms with Crippen LogP contribution >= 0.6 is 35.4 Å². The average Bonchev–Trinajstić information content (AvgIpc) is 2.41. The van der Waals surface area contributed by atoms with Gasteiger partial charge in [0, 0.05) is 12.7 Å². The van der Waals surface area contributed by atoms with Crippen molar-refractivity contribution in [1.82, 2.24) is 10.3 Å². The molecular weight excluding hydrogens is 301 g/mol. The Hall–Kier alpha value is -1.36. The summed E-state index contributed by atoms with van der Waals surface area (Å²) in [4.78, 5) is 4.07. The van der Waals surface area contributed by atoms with Crippen LogP contribution in [0.1, 0.15) is 5.56 Å². The van der Waals surface area contributed by atoms with Crippen molar-refractivity contribution in [3.63, 3.8) is 0 Å². The highest BCUT2D eigenvalue weighted by Gasteiger charge is 2.04. The topological polar surface area (TPSA) is 37.0 Å². The van der Waals surface area contributed by atoms with Gasteiger partial charge in [-0.1, -0.05) is 53.5 Å². The van der Waals surface area contributed by atoms with Crippen LogP contribution in [-0.2, 0) is 6.54 Å². The zero-order valence-corrected chi connectivity index (χ0v) is 12.2. The molecule has 6 heteroatoms. The first-order chi connectivity index (χ1) is 9.15. The molecule has 0 saturated carbocycles. The van der Waals surface area contributed by atoms with Gasteiger partial charge in [-0.05, 0) is 23.8 Å². The lowest BCUT2D eigenvalue weighted by Crippen LogP contribution is -2.28. The van der Waals surface area contributed by atoms with Gasteiger partial charge in [0.25, 0.3) is 0 Å². The van der Waals surface area contributed by atoms with E-state index >= 15 is 0 Å². The first kappa shape index (κ1) is 14.1. The van der Waals surface area contributed by atoms with Gasteiger partial charge in [0.15, 0.2) is 10.9 Å². The first-order valence-corrected chi connectivity index (χ1v) is 6.71. The smallest absolute Gasteiger partial charge is 0.172 e. The maximum absolute atomic E-state index is 5.99. The summed E-state index contributed by atoms with van der Waals surface area (Å²) in [7, 11) is 0. The van der Waals surface area contributed by atoms with Gasteiger partial charge in [-0.3, -0.25) is 0 Å². The summed E-state index contributed by atoms with van der Waals surface area (Å²) in [5.41, 5.74) is 1.14. The molecule has 0 aliphatic carbocycles. The van der Waals surface area contributed by atoms with Crippen LogP contribution in [0.2, 0.25) is 10.0 Å². The summed E-state index contributed by atoms with van der Waals surface area (Å²) in [6.07, 6.45) is 1.51. The third kappa shape index (κ3) is 4.35. The second-order valence-electron chi connectivity index (χ2n) is 3.78. The minimum atomic E-state index is 0.427. The third-order valence-electron chi connectivity index (χ3n) is 2.34. The van der Waals surface area contributed by atoms with Gasteiger partial charge in [0.2, 0.25) is 0 Å². The molecule has 98 valence electrons. The van der Waals surface area contributed by atoms with Gasteiger partial charge in [-0.25, -0.2) is 4.98 Å². The van der Waals surface area contributed by atoms with Crippen LogP contribution in [0, 0.1) is 0 Å². The number of hydrogen-bond donors (Lipinski definition) is 2. The predicted octanol–water partition coefficient (Wildman–Crippen LogP) is 3.88. The van der Waals surface area contributed by atoms with Gasteiger partial charge in [-0.2, -0.15) is 0 Å². The van der Waals surface area contributed by atoms with E-state index in [4.69, 9.17) is 35.4 Å². The number of anilines is 1. The second kappa shape index (κ2) is 6.70. The van der Waals surface area contributed by atoms with E-state index in [2.05, 4.69) is 15.6 Å². The Kier molecular flexibility index (Phi) is 4.96. The molecule has 0 spiro atoms. The van der Waals surface area contributed by atoms with Crippen LogP contribution in [0.5, 0.6) is 0 Å². The summed E-state index contributed by atoms with van der Waals surface area (Å²) in [5, 5.41) is 7.38. The molecule has 0 saturated heterocycles. The molecule has 1 heterocycles. The Balaban J connectivity index is 1.91. The van der Waals surface area contributed by atoms with Crippen LogP contribution in [0.3, 0.4) is 0 Å². The normalized spacial score (nSPS) is 10.0. The first-order valence-electron chi connectivity index (χ1n) is 5.55. The van der Waals surface area contributed by atoms with E-state index in [1.807, 2.05) is 30.3 Å². The fourth-order valence-corrected chi connectivity index (χ4v) is 2.03. The summed E-state index contributed by atoms with van der Waals surface area (Å²) >= 11 is 16.9. The molecule has 0 bridgehead atoms. The lowest BCUT2D eigenvalue weighted by molar-refractivity contribution is 0.925. The van der Waals surface area contributed by atoms with Gasteiger partial charge in [-0.15, -0.1) is 0 Å². The molecular formula is C13H11Cl2N3S. The highest BCUT2D eigenvalue weighted by molar-refractivity contribution is 7.80. The Morgan fingerprint density at radius 1 is 1.21 bits per heavy atom. The van der Waals surface area contributed by atoms with Crippen molar-refractivity contribution >= 4 is 46.4 Å². The Morgan fingerprint density at radius 3 is 2.63 bits per heavy atom. The molecule has 1 aromatic heterocycles. The van der Waals surface area contributed by atoms with E-state index in [-0.39, 0.29) is 0 Å². The molecule has 3 nitrogen and oxygen atoms in total. The lowest BCUT2D eigenvalue weighted by Gasteiger charge is -2.11. The van der Waals surface area contributed by atoms with E-state index in [0.717, 1.165) is 5.56 Å². The maximum Gasteiger partial charge on any atom is 0.172 e. The highest BCUT2D eigenvalue weighted by Crippen LogP contribution is 2.22. The molecule has 1 aromatic carbocycles. The molecule has 0 amide bonds. The van der Waals surface area contributed by atoms with Crippen molar-refractivity contribution in [3.05, 3.63) is 58.2 Å². The zero-order valence-electron chi connectivity index (χ0n) is 9.86. The highest BCUT2D eigenvalue weighted by atomic mass is 35.5. The molecule has 0 aliphatic rings. The summed E-state index contributed by atoms with van der Waals surface area (Å²) in [6.45, 7) is 0.637. The number of halogens is 2. The number of thiocarbonyl (C=S) groups is 1. The van der Waals surface area contributed by atoms with E-state index < -0.39 is 0 Å². The van der Waals surface area contributed by atoms with E-state index in [0.29, 0.717) is 27.5 Å². The van der Waals surface area contributed by atoms with Gasteiger partial charge < -0.3 is 10.6 Å². The van der Waals surface area contributed by atoms with E-state index in [1.54, 1.807) is 6.07 Å². The number of hydrogen-bond acceptors (Lipinski definition) is 2. The standard InChI is InChI=1S/C13H11Cl2N3S/c14-10-6-11(15)12(16-8-10)18-13(19)17-7-9-4-2-1-3-5-9/h1-6,8H,7H2,(H2,16,17,18,19). The van der Waals surface area contributed by atoms with E-state index in [1.165, 1.54) is 6.20 Å². The van der Waals surface area contributed by atoms with E-state index in [9.17, 15) is 0 Å². The molecule has 19 heavy (non-hydrogen) atoms. The second-order valence-corrected chi connectivity index (χ2v) is 5.03. The van der Waals surface area contributed by atoms with Crippen LogP contribution in [0.25, 0.3) is 0 Å². The summed E-state index contributed by atoms with van der Waals surface area (Å²) in [5.74, 6) is 0.483. The molecule has 2 N–H and O–H groups in total. The van der Waals surface area contributed by atoms with Crippen LogP contribution in [0.15, 0.2) is 42.6 Å². The van der Waals surface area contributed by atoms with Crippen LogP contribution < -0.4 is 10.6 Å². The number of benzene rings is 1. The third-order valence-corrected chi connectivity index (χ3v) is 3.08. The largest absolute Gasteiger partial charge is 0.358 e. The van der Waals surface area contributed by atoms with Crippen LogP contribution in [-0.4, -0.2) is 10.1 Å². The molecule has 0 atom stereocenters. The molecule has 2 aromatic rings. The van der Waals surface area contributed by atoms with Gasteiger partial charge in [0.05, 0.1) is 10.0 Å². The fourth-order valence-electron chi connectivity index (χ4n) is 1.44. The van der Waals surface area contributed by atoms with Crippen molar-refractivity contribution in [2.24, 2.45) is 0 Å². The Labute approximate surface area is 127 Å². The number of pyridine rings is 1. The SMILES string of the molecule is S=C(NCc1ccccc1)Nc1ncc(Cl)cc1Cl. The van der Waals surface area contributed by atoms with Crippen molar-refractivity contribution in [2.45, 2.75) is 6.54 Å². The van der Waals surface area contributed by atoms with Crippen molar-refractivity contribution < 1.29 is 0 Å². The number of rotatable bonds is 3. The van der Waals surface area contributed by atoms with Crippen molar-refractivity contribution in [1.29, 1.82) is 0 Å². The van der Waals surface area contributed by atoms with Crippen LogP contribution in [0.4, 0.5) is 5.82 Å². The van der Waals surface area contributed by atoms with Crippen molar-refractivity contribution in [3.8, 4) is 0 Å². The molecule has 0 unspecified atom stereocenters. The molecule has 0 aliphatic heterocycles. The van der Waals surface area contributed by atoms with Gasteiger partial charge in [0.1, 0.15) is 0 Å². The number of nitrogens with one attached hydrogen (secondary N) is 2. The molecule has 0 fully saturated rings. The monoisotopic (exact) mass is 311 g/mol. The summed E-state index contributed by atoms with van der Waals surface area (Å²) < 4.78 is 0. The molecule has 2 rings (SSSR count). The quantitative estimate of drug-likeness (QED) is 0.844. The van der Waals surface area contributed by atoms with Gasteiger partial charge >= 0.3 is 0 Å². The minimum Gasteiger partial charge on any atom is -0.358 e. The number of nitrogens with zero attached hydrogens (tertiary/aromatic N) is 1. The lowest BCUT2D eigenvalue weighted by atomic mass is 10.2. The Morgan fingerprint density at radius 2 is 1.95 bits per heavy atom. The fraction of sp³-hybridized carbons (Fsp3) is 0.0769. The van der Waals surface area contributed by atoms with Crippen molar-refractivity contribution in [2.75, 3.05) is 5.32 Å². The summed E-state index contributed by atoms with van der Waals surface area (Å²) in [6, 6.07) is 11.6. The zero-order chi connectivity index (χ0) is 13.7. The predicted molar refractivity (Wildman–Crippen MR) is 83.8 cm³/mol. The number of aromatic nitrogens is 1. The average molecular weight is 312 g/mol. The minimum absolute atomic E-state index is 0.427. The Bertz CT molecular complexity index is 575. The molecule has 0 radical (unpaired) electrons. The maximum atomic E-state index is 5.99.